The fraction of sp³-hybridized carbons (Fsp3) is 0.0625. The number of benzene rings is 1. The molecule has 0 spiro atoms. The number of Topliss-reactive ketones (excluding diaryl/α,β-unsaturated/α-hetero) is 1. The Morgan fingerprint density at radius 1 is 1.05 bits per heavy atom. The summed E-state index contributed by atoms with van der Waals surface area (Å²) in [5, 5.41) is 1.00. The third-order valence-corrected chi connectivity index (χ3v) is 2.93. The van der Waals surface area contributed by atoms with Crippen LogP contribution in [0.5, 0.6) is 11.6 Å². The van der Waals surface area contributed by atoms with Gasteiger partial charge in [-0.1, -0.05) is 18.2 Å². The van der Waals surface area contributed by atoms with Crippen LogP contribution in [0.1, 0.15) is 17.3 Å². The average Bonchev–Trinajstić information content (AvgIpc) is 2.48. The maximum Gasteiger partial charge on any atom is 0.219 e. The first-order chi connectivity index (χ1) is 9.72. The van der Waals surface area contributed by atoms with Gasteiger partial charge < -0.3 is 4.74 Å². The van der Waals surface area contributed by atoms with Crippen LogP contribution in [0.15, 0.2) is 54.9 Å². The van der Waals surface area contributed by atoms with Gasteiger partial charge in [-0.3, -0.25) is 9.78 Å². The first kappa shape index (κ1) is 12.3. The van der Waals surface area contributed by atoms with E-state index in [2.05, 4.69) is 9.97 Å². The molecule has 1 aromatic carbocycles. The molecule has 2 aromatic heterocycles. The van der Waals surface area contributed by atoms with Crippen molar-refractivity contribution in [3.05, 3.63) is 60.4 Å². The number of nitrogens with zero attached hydrogens (tertiary/aromatic N) is 2. The van der Waals surface area contributed by atoms with Gasteiger partial charge in [0.15, 0.2) is 5.78 Å². The quantitative estimate of drug-likeness (QED) is 0.678. The molecule has 98 valence electrons. The zero-order valence-corrected chi connectivity index (χ0v) is 10.9. The van der Waals surface area contributed by atoms with E-state index in [0.29, 0.717) is 17.2 Å². The van der Waals surface area contributed by atoms with Gasteiger partial charge in [0.2, 0.25) is 5.88 Å². The van der Waals surface area contributed by atoms with E-state index >= 15 is 0 Å². The van der Waals surface area contributed by atoms with Crippen molar-refractivity contribution < 1.29 is 9.53 Å². The Bertz CT molecular complexity index is 767. The van der Waals surface area contributed by atoms with Crippen LogP contribution in [0.3, 0.4) is 0 Å². The van der Waals surface area contributed by atoms with Gasteiger partial charge in [-0.2, -0.15) is 0 Å². The minimum atomic E-state index is -0.0172. The van der Waals surface area contributed by atoms with Crippen LogP contribution in [0.4, 0.5) is 0 Å². The molecular formula is C16H12N2O2. The summed E-state index contributed by atoms with van der Waals surface area (Å²) in [5.41, 5.74) is 1.48. The lowest BCUT2D eigenvalue weighted by atomic mass is 10.2. The predicted molar refractivity (Wildman–Crippen MR) is 76.1 cm³/mol. The number of rotatable bonds is 3. The number of hydrogen-bond donors (Lipinski definition) is 0. The standard InChI is InChI=1S/C16H12N2O2/c1-11(19)13-6-7-16(18-9-13)20-14-8-12-4-2-3-5-15(12)17-10-14/h2-10H,1H3. The molecule has 0 saturated heterocycles. The van der Waals surface area contributed by atoms with Crippen molar-refractivity contribution in [3.63, 3.8) is 0 Å². The molecule has 0 amide bonds. The van der Waals surface area contributed by atoms with Crippen molar-refractivity contribution in [3.8, 4) is 11.6 Å². The molecule has 0 aliphatic heterocycles. The molecule has 3 aromatic rings. The highest BCUT2D eigenvalue weighted by molar-refractivity contribution is 5.93. The summed E-state index contributed by atoms with van der Waals surface area (Å²) in [7, 11) is 0. The molecule has 0 radical (unpaired) electrons. The molecule has 3 rings (SSSR count). The third-order valence-electron chi connectivity index (χ3n) is 2.93. The van der Waals surface area contributed by atoms with Crippen molar-refractivity contribution in [2.75, 3.05) is 0 Å². The molecule has 0 atom stereocenters. The molecule has 0 aliphatic rings. The van der Waals surface area contributed by atoms with Gasteiger partial charge in [0.05, 0.1) is 11.7 Å². The van der Waals surface area contributed by atoms with Crippen molar-refractivity contribution >= 4 is 16.7 Å². The molecule has 0 saturated carbocycles. The van der Waals surface area contributed by atoms with Crippen LogP contribution in [0, 0.1) is 0 Å². The van der Waals surface area contributed by atoms with Crippen molar-refractivity contribution in [2.45, 2.75) is 6.92 Å². The third kappa shape index (κ3) is 2.49. The van der Waals surface area contributed by atoms with Crippen LogP contribution in [-0.4, -0.2) is 15.8 Å². The number of ketones is 1. The fourth-order valence-electron chi connectivity index (χ4n) is 1.88. The van der Waals surface area contributed by atoms with E-state index in [1.54, 1.807) is 18.3 Å². The van der Waals surface area contributed by atoms with Gasteiger partial charge in [0.1, 0.15) is 5.75 Å². The normalized spacial score (nSPS) is 10.4. The van der Waals surface area contributed by atoms with Crippen molar-refractivity contribution in [1.82, 2.24) is 9.97 Å². The Hall–Kier alpha value is -2.75. The monoisotopic (exact) mass is 264 g/mol. The second-order valence-corrected chi connectivity index (χ2v) is 4.41. The van der Waals surface area contributed by atoms with Gasteiger partial charge in [-0.15, -0.1) is 0 Å². The smallest absolute Gasteiger partial charge is 0.219 e. The molecule has 0 bridgehead atoms. The zero-order valence-electron chi connectivity index (χ0n) is 10.9. The highest BCUT2D eigenvalue weighted by Gasteiger charge is 2.03. The summed E-state index contributed by atoms with van der Waals surface area (Å²) in [6, 6.07) is 13.1. The average molecular weight is 264 g/mol. The molecular weight excluding hydrogens is 252 g/mol. The van der Waals surface area contributed by atoms with E-state index in [9.17, 15) is 4.79 Å². The van der Waals surface area contributed by atoms with E-state index in [1.165, 1.54) is 13.1 Å². The molecule has 0 unspecified atom stereocenters. The van der Waals surface area contributed by atoms with Gasteiger partial charge >= 0.3 is 0 Å². The summed E-state index contributed by atoms with van der Waals surface area (Å²) in [5.74, 6) is 1.04. The lowest BCUT2D eigenvalue weighted by Crippen LogP contribution is -1.94. The summed E-state index contributed by atoms with van der Waals surface area (Å²) >= 11 is 0. The van der Waals surface area contributed by atoms with Crippen LogP contribution in [0.2, 0.25) is 0 Å². The molecule has 0 fully saturated rings. The van der Waals surface area contributed by atoms with Crippen LogP contribution >= 0.6 is 0 Å². The van der Waals surface area contributed by atoms with Gasteiger partial charge in [0, 0.05) is 23.2 Å². The second kappa shape index (κ2) is 5.09. The van der Waals surface area contributed by atoms with E-state index in [0.717, 1.165) is 10.9 Å². The number of carbonyl (C=O) groups excluding carboxylic acids is 1. The Morgan fingerprint density at radius 3 is 2.65 bits per heavy atom. The number of carbonyl (C=O) groups is 1. The Labute approximate surface area is 116 Å². The van der Waals surface area contributed by atoms with Gasteiger partial charge in [-0.05, 0) is 25.1 Å². The number of ether oxygens (including phenoxy) is 1. The molecule has 2 heterocycles. The lowest BCUT2D eigenvalue weighted by Gasteiger charge is -2.05. The molecule has 4 nitrogen and oxygen atoms in total. The SMILES string of the molecule is CC(=O)c1ccc(Oc2cnc3ccccc3c2)nc1. The van der Waals surface area contributed by atoms with Crippen LogP contribution in [-0.2, 0) is 0 Å². The van der Waals surface area contributed by atoms with Crippen molar-refractivity contribution in [2.24, 2.45) is 0 Å². The maximum atomic E-state index is 11.2. The highest BCUT2D eigenvalue weighted by atomic mass is 16.5. The van der Waals surface area contributed by atoms with E-state index in [4.69, 9.17) is 4.74 Å². The maximum absolute atomic E-state index is 11.2. The summed E-state index contributed by atoms with van der Waals surface area (Å²) in [4.78, 5) is 19.6. The number of hydrogen-bond acceptors (Lipinski definition) is 4. The van der Waals surface area contributed by atoms with E-state index in [-0.39, 0.29) is 5.78 Å². The number of pyridine rings is 2. The Kier molecular flexibility index (Phi) is 3.13. The molecule has 0 aliphatic carbocycles. The number of fused-ring (bicyclic) bond motifs is 1. The highest BCUT2D eigenvalue weighted by Crippen LogP contribution is 2.22. The summed E-state index contributed by atoms with van der Waals surface area (Å²) in [6.45, 7) is 1.50. The second-order valence-electron chi connectivity index (χ2n) is 4.41. The molecule has 4 heteroatoms. The molecule has 20 heavy (non-hydrogen) atoms. The Morgan fingerprint density at radius 2 is 1.90 bits per heavy atom. The van der Waals surface area contributed by atoms with Gasteiger partial charge in [-0.25, -0.2) is 4.98 Å². The van der Waals surface area contributed by atoms with Crippen LogP contribution in [0.25, 0.3) is 10.9 Å². The first-order valence-electron chi connectivity index (χ1n) is 6.22. The van der Waals surface area contributed by atoms with Gasteiger partial charge in [0.25, 0.3) is 0 Å². The number of para-hydroxylation sites is 1. The van der Waals surface area contributed by atoms with Crippen LogP contribution < -0.4 is 4.74 Å². The lowest BCUT2D eigenvalue weighted by molar-refractivity contribution is 0.101. The molecule has 0 N–H and O–H groups in total. The van der Waals surface area contributed by atoms with E-state index in [1.807, 2.05) is 30.3 Å². The summed E-state index contributed by atoms with van der Waals surface area (Å²) in [6.07, 6.45) is 3.16. The largest absolute Gasteiger partial charge is 0.437 e. The summed E-state index contributed by atoms with van der Waals surface area (Å²) < 4.78 is 5.64. The topological polar surface area (TPSA) is 52.1 Å². The van der Waals surface area contributed by atoms with E-state index < -0.39 is 0 Å². The zero-order chi connectivity index (χ0) is 13.9. The minimum Gasteiger partial charge on any atom is -0.437 e. The fourth-order valence-corrected chi connectivity index (χ4v) is 1.88. The number of aromatic nitrogens is 2. The first-order valence-corrected chi connectivity index (χ1v) is 6.22. The predicted octanol–water partition coefficient (Wildman–Crippen LogP) is 3.62. The Balaban J connectivity index is 1.87. The minimum absolute atomic E-state index is 0.0172. The van der Waals surface area contributed by atoms with Crippen molar-refractivity contribution in [1.29, 1.82) is 0 Å².